The SMILES string of the molecule is N#Cc1ccc(OC2CC3(C2)CN(C(=O)O)C3)c(F)c1. The first-order valence-electron chi connectivity index (χ1n) is 6.35. The lowest BCUT2D eigenvalue weighted by Gasteiger charge is -2.57. The van der Waals surface area contributed by atoms with Crippen LogP contribution in [0.15, 0.2) is 18.2 Å². The van der Waals surface area contributed by atoms with Crippen LogP contribution in [0.1, 0.15) is 18.4 Å². The molecule has 1 spiro atoms. The number of rotatable bonds is 2. The molecular weight excluding hydrogens is 263 g/mol. The molecule has 1 saturated carbocycles. The van der Waals surface area contributed by atoms with E-state index in [1.807, 2.05) is 6.07 Å². The Morgan fingerprint density at radius 2 is 2.20 bits per heavy atom. The molecular formula is C14H13FN2O3. The molecule has 2 fully saturated rings. The van der Waals surface area contributed by atoms with Crippen LogP contribution in [0.25, 0.3) is 0 Å². The molecule has 1 aromatic rings. The van der Waals surface area contributed by atoms with E-state index in [-0.39, 0.29) is 22.8 Å². The third-order valence-corrected chi connectivity index (χ3v) is 4.00. The van der Waals surface area contributed by atoms with Gasteiger partial charge in [-0.25, -0.2) is 9.18 Å². The van der Waals surface area contributed by atoms with Crippen LogP contribution in [0.2, 0.25) is 0 Å². The molecule has 1 aliphatic heterocycles. The van der Waals surface area contributed by atoms with Crippen LogP contribution in [-0.2, 0) is 0 Å². The Labute approximate surface area is 115 Å². The minimum Gasteiger partial charge on any atom is -0.487 e. The van der Waals surface area contributed by atoms with Crippen molar-refractivity contribution in [3.05, 3.63) is 29.6 Å². The number of hydrogen-bond donors (Lipinski definition) is 1. The molecule has 0 radical (unpaired) electrons. The van der Waals surface area contributed by atoms with Gasteiger partial charge in [-0.05, 0) is 31.0 Å². The van der Waals surface area contributed by atoms with Crippen LogP contribution < -0.4 is 4.74 Å². The second-order valence-corrected chi connectivity index (χ2v) is 5.54. The summed E-state index contributed by atoms with van der Waals surface area (Å²) >= 11 is 0. The summed E-state index contributed by atoms with van der Waals surface area (Å²) in [5.41, 5.74) is 0.294. The number of hydrogen-bond acceptors (Lipinski definition) is 3. The number of carbonyl (C=O) groups is 1. The van der Waals surface area contributed by atoms with E-state index in [0.717, 1.165) is 18.9 Å². The van der Waals surface area contributed by atoms with E-state index in [1.165, 1.54) is 17.0 Å². The molecule has 0 bridgehead atoms. The molecule has 1 N–H and O–H groups in total. The van der Waals surface area contributed by atoms with Crippen LogP contribution in [-0.4, -0.2) is 35.3 Å². The fourth-order valence-corrected chi connectivity index (χ4v) is 2.99. The van der Waals surface area contributed by atoms with E-state index < -0.39 is 11.9 Å². The number of nitriles is 1. The van der Waals surface area contributed by atoms with Gasteiger partial charge in [-0.1, -0.05) is 0 Å². The van der Waals surface area contributed by atoms with Gasteiger partial charge in [0.25, 0.3) is 0 Å². The van der Waals surface area contributed by atoms with Crippen molar-refractivity contribution in [1.82, 2.24) is 4.90 Å². The van der Waals surface area contributed by atoms with Gasteiger partial charge in [0.2, 0.25) is 0 Å². The number of nitrogens with zero attached hydrogens (tertiary/aromatic N) is 2. The zero-order chi connectivity index (χ0) is 14.3. The molecule has 2 aliphatic rings. The third-order valence-electron chi connectivity index (χ3n) is 4.00. The van der Waals surface area contributed by atoms with E-state index in [0.29, 0.717) is 13.1 Å². The topological polar surface area (TPSA) is 73.6 Å². The Hall–Kier alpha value is -2.29. The maximum Gasteiger partial charge on any atom is 0.407 e. The van der Waals surface area contributed by atoms with Gasteiger partial charge in [-0.15, -0.1) is 0 Å². The van der Waals surface area contributed by atoms with Crippen molar-refractivity contribution in [2.45, 2.75) is 18.9 Å². The first kappa shape index (κ1) is 12.7. The van der Waals surface area contributed by atoms with Gasteiger partial charge in [0.1, 0.15) is 6.10 Å². The van der Waals surface area contributed by atoms with Crippen molar-refractivity contribution in [2.24, 2.45) is 5.41 Å². The summed E-state index contributed by atoms with van der Waals surface area (Å²) in [7, 11) is 0. The maximum atomic E-state index is 13.7. The van der Waals surface area contributed by atoms with Crippen molar-refractivity contribution in [3.63, 3.8) is 0 Å². The van der Waals surface area contributed by atoms with Gasteiger partial charge in [0.05, 0.1) is 11.6 Å². The molecule has 5 nitrogen and oxygen atoms in total. The molecule has 20 heavy (non-hydrogen) atoms. The van der Waals surface area contributed by atoms with Crippen LogP contribution in [0, 0.1) is 22.6 Å². The zero-order valence-corrected chi connectivity index (χ0v) is 10.7. The quantitative estimate of drug-likeness (QED) is 0.898. The van der Waals surface area contributed by atoms with Crippen LogP contribution in [0.3, 0.4) is 0 Å². The molecule has 3 rings (SSSR count). The molecule has 1 aliphatic carbocycles. The average Bonchev–Trinajstić information content (AvgIpc) is 2.31. The maximum absolute atomic E-state index is 13.7. The smallest absolute Gasteiger partial charge is 0.407 e. The summed E-state index contributed by atoms with van der Waals surface area (Å²) in [5.74, 6) is -0.385. The van der Waals surface area contributed by atoms with Gasteiger partial charge in [-0.2, -0.15) is 5.26 Å². The Morgan fingerprint density at radius 3 is 2.75 bits per heavy atom. The molecule has 1 amide bonds. The molecule has 1 saturated heterocycles. The van der Waals surface area contributed by atoms with Gasteiger partial charge in [0, 0.05) is 18.5 Å². The van der Waals surface area contributed by atoms with Crippen molar-refractivity contribution in [3.8, 4) is 11.8 Å². The van der Waals surface area contributed by atoms with Crippen molar-refractivity contribution in [1.29, 1.82) is 5.26 Å². The third kappa shape index (κ3) is 2.05. The van der Waals surface area contributed by atoms with E-state index in [2.05, 4.69) is 0 Å². The molecule has 0 atom stereocenters. The normalized spacial score (nSPS) is 19.9. The number of amides is 1. The predicted octanol–water partition coefficient (Wildman–Crippen LogP) is 2.22. The Morgan fingerprint density at radius 1 is 1.50 bits per heavy atom. The van der Waals surface area contributed by atoms with Crippen molar-refractivity contribution in [2.75, 3.05) is 13.1 Å². The lowest BCUT2D eigenvalue weighted by molar-refractivity contribution is -0.107. The molecule has 1 aromatic carbocycles. The van der Waals surface area contributed by atoms with Gasteiger partial charge in [0.15, 0.2) is 11.6 Å². The lowest BCUT2D eigenvalue weighted by Crippen LogP contribution is -2.65. The summed E-state index contributed by atoms with van der Waals surface area (Å²) in [5, 5.41) is 17.5. The van der Waals surface area contributed by atoms with E-state index in [9.17, 15) is 9.18 Å². The van der Waals surface area contributed by atoms with Crippen LogP contribution in [0.4, 0.5) is 9.18 Å². The molecule has 0 unspecified atom stereocenters. The highest BCUT2D eigenvalue weighted by molar-refractivity contribution is 5.66. The summed E-state index contributed by atoms with van der Waals surface area (Å²) in [6, 6.07) is 6.00. The average molecular weight is 276 g/mol. The Balaban J connectivity index is 1.55. The van der Waals surface area contributed by atoms with Crippen molar-refractivity contribution < 1.29 is 19.0 Å². The monoisotopic (exact) mass is 276 g/mol. The largest absolute Gasteiger partial charge is 0.487 e. The zero-order valence-electron chi connectivity index (χ0n) is 10.7. The fourth-order valence-electron chi connectivity index (χ4n) is 2.99. The van der Waals surface area contributed by atoms with Gasteiger partial charge in [-0.3, -0.25) is 0 Å². The second-order valence-electron chi connectivity index (χ2n) is 5.54. The van der Waals surface area contributed by atoms with Crippen molar-refractivity contribution >= 4 is 6.09 Å². The van der Waals surface area contributed by atoms with E-state index >= 15 is 0 Å². The molecule has 1 heterocycles. The number of ether oxygens (including phenoxy) is 1. The highest BCUT2D eigenvalue weighted by Gasteiger charge is 2.55. The molecule has 6 heteroatoms. The fraction of sp³-hybridized carbons (Fsp3) is 0.429. The predicted molar refractivity (Wildman–Crippen MR) is 66.8 cm³/mol. The van der Waals surface area contributed by atoms with Crippen LogP contribution in [0.5, 0.6) is 5.75 Å². The minimum absolute atomic E-state index is 0.0339. The first-order chi connectivity index (χ1) is 9.51. The lowest BCUT2D eigenvalue weighted by atomic mass is 9.62. The Bertz CT molecular complexity index is 597. The summed E-state index contributed by atoms with van der Waals surface area (Å²) in [6.07, 6.45) is 0.526. The number of benzene rings is 1. The number of likely N-dealkylation sites (tertiary alicyclic amines) is 1. The first-order valence-corrected chi connectivity index (χ1v) is 6.35. The summed E-state index contributed by atoms with van der Waals surface area (Å²) in [6.45, 7) is 1.08. The highest BCUT2D eigenvalue weighted by Crippen LogP contribution is 2.49. The molecule has 0 aromatic heterocycles. The Kier molecular flexibility index (Phi) is 2.78. The minimum atomic E-state index is -0.891. The standard InChI is InChI=1S/C14H13FN2O3/c15-11-3-9(6-16)1-2-12(11)20-10-4-14(5-10)7-17(8-14)13(18)19/h1-3,10H,4-5,7-8H2,(H,18,19). The van der Waals surface area contributed by atoms with Gasteiger partial charge < -0.3 is 14.7 Å². The van der Waals surface area contributed by atoms with E-state index in [4.69, 9.17) is 15.1 Å². The van der Waals surface area contributed by atoms with Crippen LogP contribution >= 0.6 is 0 Å². The highest BCUT2D eigenvalue weighted by atomic mass is 19.1. The van der Waals surface area contributed by atoms with Gasteiger partial charge >= 0.3 is 6.09 Å². The second kappa shape index (κ2) is 4.37. The number of halogens is 1. The summed E-state index contributed by atoms with van der Waals surface area (Å²) in [4.78, 5) is 12.1. The van der Waals surface area contributed by atoms with E-state index in [1.54, 1.807) is 0 Å². The molecule has 104 valence electrons. The number of carboxylic acid groups (broad SMARTS) is 1. The summed E-state index contributed by atoms with van der Waals surface area (Å²) < 4.78 is 19.2.